The average Bonchev–Trinajstić information content (AvgIpc) is 2.73. The molecule has 1 amide bonds. The largest absolute Gasteiger partial charge is 0.349 e. The van der Waals surface area contributed by atoms with Gasteiger partial charge in [0.25, 0.3) is 0 Å². The van der Waals surface area contributed by atoms with Crippen molar-refractivity contribution in [2.45, 2.75) is 65.3 Å². The van der Waals surface area contributed by atoms with Crippen molar-refractivity contribution in [1.29, 1.82) is 0 Å². The topological polar surface area (TPSA) is 66.5 Å². The summed E-state index contributed by atoms with van der Waals surface area (Å²) >= 11 is 0. The van der Waals surface area contributed by atoms with Crippen LogP contribution in [0.5, 0.6) is 0 Å². The van der Waals surface area contributed by atoms with Crippen LogP contribution in [-0.2, 0) is 14.8 Å². The number of nitrogens with one attached hydrogen (secondary N) is 1. The molecule has 158 valence electrons. The van der Waals surface area contributed by atoms with Gasteiger partial charge in [0.15, 0.2) is 0 Å². The van der Waals surface area contributed by atoms with E-state index in [1.807, 2.05) is 25.1 Å². The smallest absolute Gasteiger partial charge is 0.223 e. The van der Waals surface area contributed by atoms with Gasteiger partial charge in [-0.25, -0.2) is 12.7 Å². The van der Waals surface area contributed by atoms with E-state index >= 15 is 0 Å². The van der Waals surface area contributed by atoms with Gasteiger partial charge < -0.3 is 5.32 Å². The van der Waals surface area contributed by atoms with Gasteiger partial charge in [-0.2, -0.15) is 0 Å². The van der Waals surface area contributed by atoms with E-state index in [0.29, 0.717) is 38.3 Å². The number of carbonyl (C=O) groups excluding carboxylic acids is 1. The third kappa shape index (κ3) is 6.05. The minimum absolute atomic E-state index is 0.00927. The predicted octanol–water partition coefficient (Wildman–Crippen LogP) is 4.12. The standard InChI is InChI=1S/C22H36N2O3S/c1-4-7-17-28(26,27)24-15-13-20(14-16-24)22(25)23-21(18(5-2)6-3)19-11-9-8-10-12-19/h8-12,18,20-21H,4-7,13-17H2,1-3H3,(H,23,25). The van der Waals surface area contributed by atoms with Crippen molar-refractivity contribution in [2.75, 3.05) is 18.8 Å². The van der Waals surface area contributed by atoms with Crippen LogP contribution < -0.4 is 5.32 Å². The van der Waals surface area contributed by atoms with E-state index in [2.05, 4.69) is 31.3 Å². The summed E-state index contributed by atoms with van der Waals surface area (Å²) in [5, 5.41) is 3.29. The summed E-state index contributed by atoms with van der Waals surface area (Å²) < 4.78 is 26.3. The van der Waals surface area contributed by atoms with Crippen molar-refractivity contribution in [3.05, 3.63) is 35.9 Å². The highest BCUT2D eigenvalue weighted by atomic mass is 32.2. The molecule has 1 N–H and O–H groups in total. The minimum Gasteiger partial charge on any atom is -0.349 e. The summed E-state index contributed by atoms with van der Waals surface area (Å²) in [5.41, 5.74) is 1.14. The lowest BCUT2D eigenvalue weighted by molar-refractivity contribution is -0.127. The fourth-order valence-electron chi connectivity index (χ4n) is 4.02. The van der Waals surface area contributed by atoms with Gasteiger partial charge in [-0.05, 0) is 30.7 Å². The van der Waals surface area contributed by atoms with Crippen LogP contribution in [0.25, 0.3) is 0 Å². The molecule has 5 nitrogen and oxygen atoms in total. The maximum Gasteiger partial charge on any atom is 0.223 e. The zero-order valence-corrected chi connectivity index (χ0v) is 18.4. The first kappa shape index (κ1) is 22.9. The molecular weight excluding hydrogens is 372 g/mol. The molecule has 0 saturated carbocycles. The second-order valence-corrected chi connectivity index (χ2v) is 9.90. The van der Waals surface area contributed by atoms with Gasteiger partial charge in [0.05, 0.1) is 11.8 Å². The summed E-state index contributed by atoms with van der Waals surface area (Å²) in [5.74, 6) is 0.552. The van der Waals surface area contributed by atoms with Crippen molar-refractivity contribution in [3.63, 3.8) is 0 Å². The van der Waals surface area contributed by atoms with Gasteiger partial charge in [-0.15, -0.1) is 0 Å². The number of carbonyl (C=O) groups is 1. The number of hydrogen-bond acceptors (Lipinski definition) is 3. The highest BCUT2D eigenvalue weighted by Gasteiger charge is 2.32. The van der Waals surface area contributed by atoms with Crippen LogP contribution in [0.4, 0.5) is 0 Å². The lowest BCUT2D eigenvalue weighted by Gasteiger charge is -2.33. The zero-order valence-electron chi connectivity index (χ0n) is 17.6. The summed E-state index contributed by atoms with van der Waals surface area (Å²) in [4.78, 5) is 13.0. The molecule has 2 rings (SSSR count). The predicted molar refractivity (Wildman–Crippen MR) is 114 cm³/mol. The van der Waals surface area contributed by atoms with Gasteiger partial charge >= 0.3 is 0 Å². The van der Waals surface area contributed by atoms with Crippen LogP contribution in [0.1, 0.15) is 70.9 Å². The Kier molecular flexibility index (Phi) is 8.96. The van der Waals surface area contributed by atoms with Gasteiger partial charge in [-0.3, -0.25) is 4.79 Å². The molecule has 6 heteroatoms. The second kappa shape index (κ2) is 11.0. The van der Waals surface area contributed by atoms with Crippen LogP contribution in [0, 0.1) is 11.8 Å². The number of amides is 1. The zero-order chi connectivity index (χ0) is 20.6. The summed E-state index contributed by atoms with van der Waals surface area (Å²) in [6.45, 7) is 7.22. The Labute approximate surface area is 170 Å². The first-order valence-electron chi connectivity index (χ1n) is 10.8. The highest BCUT2D eigenvalue weighted by molar-refractivity contribution is 7.89. The molecule has 0 bridgehead atoms. The van der Waals surface area contributed by atoms with E-state index in [4.69, 9.17) is 0 Å². The maximum atomic E-state index is 13.0. The first-order chi connectivity index (χ1) is 13.4. The van der Waals surface area contributed by atoms with E-state index in [1.165, 1.54) is 0 Å². The number of piperidine rings is 1. The third-order valence-electron chi connectivity index (χ3n) is 5.95. The van der Waals surface area contributed by atoms with Gasteiger partial charge in [-0.1, -0.05) is 70.4 Å². The molecule has 1 fully saturated rings. The number of nitrogens with zero attached hydrogens (tertiary/aromatic N) is 1. The summed E-state index contributed by atoms with van der Waals surface area (Å²) in [6.07, 6.45) is 4.77. The Hall–Kier alpha value is -1.40. The molecule has 0 spiro atoms. The molecule has 1 heterocycles. The number of sulfonamides is 1. The first-order valence-corrected chi connectivity index (χ1v) is 12.4. The highest BCUT2D eigenvalue weighted by Crippen LogP contribution is 2.29. The molecule has 1 unspecified atom stereocenters. The fourth-order valence-corrected chi connectivity index (χ4v) is 5.70. The molecular formula is C22H36N2O3S. The lowest BCUT2D eigenvalue weighted by Crippen LogP contribution is -2.45. The third-order valence-corrected chi connectivity index (χ3v) is 7.91. The van der Waals surface area contributed by atoms with Gasteiger partial charge in [0.2, 0.25) is 15.9 Å². The Bertz CT molecular complexity index is 694. The molecule has 0 aliphatic carbocycles. The molecule has 1 aromatic carbocycles. The Morgan fingerprint density at radius 1 is 1.11 bits per heavy atom. The van der Waals surface area contributed by atoms with E-state index in [1.54, 1.807) is 4.31 Å². The number of rotatable bonds is 10. The minimum atomic E-state index is -3.18. The van der Waals surface area contributed by atoms with Crippen molar-refractivity contribution >= 4 is 15.9 Å². The number of benzene rings is 1. The van der Waals surface area contributed by atoms with Crippen LogP contribution in [0.3, 0.4) is 0 Å². The molecule has 1 aliphatic rings. The van der Waals surface area contributed by atoms with Crippen LogP contribution in [0.15, 0.2) is 30.3 Å². The van der Waals surface area contributed by atoms with E-state index in [9.17, 15) is 13.2 Å². The number of hydrogen-bond donors (Lipinski definition) is 1. The maximum absolute atomic E-state index is 13.0. The Balaban J connectivity index is 2.00. The molecule has 1 aliphatic heterocycles. The van der Waals surface area contributed by atoms with Crippen molar-refractivity contribution in [3.8, 4) is 0 Å². The van der Waals surface area contributed by atoms with Crippen molar-refractivity contribution in [2.24, 2.45) is 11.8 Å². The SMILES string of the molecule is CCCCS(=O)(=O)N1CCC(C(=O)NC(c2ccccc2)C(CC)CC)CC1. The fraction of sp³-hybridized carbons (Fsp3) is 0.682. The molecule has 0 aromatic heterocycles. The molecule has 1 saturated heterocycles. The normalized spacial score (nSPS) is 17.6. The molecule has 0 radical (unpaired) electrons. The van der Waals surface area contributed by atoms with Gasteiger partial charge in [0.1, 0.15) is 0 Å². The van der Waals surface area contributed by atoms with Crippen molar-refractivity contribution < 1.29 is 13.2 Å². The summed E-state index contributed by atoms with van der Waals surface area (Å²) in [6, 6.07) is 10.2. The van der Waals surface area contributed by atoms with Crippen molar-refractivity contribution in [1.82, 2.24) is 9.62 Å². The molecule has 1 aromatic rings. The lowest BCUT2D eigenvalue weighted by atomic mass is 9.87. The molecule has 28 heavy (non-hydrogen) atoms. The molecule has 1 atom stereocenters. The van der Waals surface area contributed by atoms with Crippen LogP contribution in [0.2, 0.25) is 0 Å². The van der Waals surface area contributed by atoms with Gasteiger partial charge in [0, 0.05) is 19.0 Å². The Morgan fingerprint density at radius 2 is 1.71 bits per heavy atom. The number of unbranched alkanes of at least 4 members (excludes halogenated alkanes) is 1. The van der Waals surface area contributed by atoms with E-state index < -0.39 is 10.0 Å². The van der Waals surface area contributed by atoms with E-state index in [-0.39, 0.29) is 23.6 Å². The monoisotopic (exact) mass is 408 g/mol. The second-order valence-electron chi connectivity index (χ2n) is 7.82. The van der Waals surface area contributed by atoms with Crippen LogP contribution in [-0.4, -0.2) is 37.5 Å². The Morgan fingerprint density at radius 3 is 2.25 bits per heavy atom. The summed E-state index contributed by atoms with van der Waals surface area (Å²) in [7, 11) is -3.18. The average molecular weight is 409 g/mol. The van der Waals surface area contributed by atoms with E-state index in [0.717, 1.165) is 24.8 Å². The van der Waals surface area contributed by atoms with Crippen LogP contribution >= 0.6 is 0 Å². The quantitative estimate of drug-likeness (QED) is 0.633.